The van der Waals surface area contributed by atoms with Crippen molar-refractivity contribution in [2.45, 2.75) is 39.2 Å². The lowest BCUT2D eigenvalue weighted by Gasteiger charge is -2.22. The van der Waals surface area contributed by atoms with Gasteiger partial charge in [0.05, 0.1) is 22.3 Å². The minimum Gasteiger partial charge on any atom is -0.477 e. The fourth-order valence-electron chi connectivity index (χ4n) is 4.23. The molecule has 0 spiro atoms. The summed E-state index contributed by atoms with van der Waals surface area (Å²) in [6, 6.07) is 1.76. The molecule has 154 valence electrons. The standard InChI is InChI=1S/C21H25FN4O3/c1-3-24-11(2)12-6-7-25(9-12)16-8-15-17(19(23)18(16)22)20(27)14(21(28)29)10-26(15)13-4-5-13/h8,10,12-13H,3-7,9,23H2,1-2H3,(H,28,29)/t12-/m1/s1. The van der Waals surface area contributed by atoms with Gasteiger partial charge in [0.2, 0.25) is 5.43 Å². The SMILES string of the molecule is CCN=C(C)[C@@H]1CCN(c2cc3c(c(N)c2F)c(=O)c(C(=O)O)cn3C2CC2)C1. The Hall–Kier alpha value is -2.90. The van der Waals surface area contributed by atoms with Gasteiger partial charge in [-0.3, -0.25) is 9.79 Å². The number of carboxylic acids is 1. The third-order valence-corrected chi connectivity index (χ3v) is 5.98. The molecule has 2 heterocycles. The molecule has 7 nitrogen and oxygen atoms in total. The van der Waals surface area contributed by atoms with E-state index in [4.69, 9.17) is 5.73 Å². The molecule has 2 aliphatic rings. The molecule has 1 saturated heterocycles. The lowest BCUT2D eigenvalue weighted by Crippen LogP contribution is -2.25. The number of nitrogens with zero attached hydrogens (tertiary/aromatic N) is 3. The molecule has 0 radical (unpaired) electrons. The highest BCUT2D eigenvalue weighted by molar-refractivity contribution is 5.99. The summed E-state index contributed by atoms with van der Waals surface area (Å²) in [4.78, 5) is 30.7. The quantitative estimate of drug-likeness (QED) is 0.593. The number of aliphatic imine (C=N–C) groups is 1. The molecule has 8 heteroatoms. The molecule has 1 aromatic heterocycles. The van der Waals surface area contributed by atoms with E-state index in [0.717, 1.165) is 31.5 Å². The van der Waals surface area contributed by atoms with Crippen molar-refractivity contribution in [2.24, 2.45) is 10.9 Å². The van der Waals surface area contributed by atoms with Gasteiger partial charge < -0.3 is 20.3 Å². The molecule has 0 unspecified atom stereocenters. The number of anilines is 2. The van der Waals surface area contributed by atoms with Crippen LogP contribution in [0.15, 0.2) is 22.1 Å². The van der Waals surface area contributed by atoms with Crippen molar-refractivity contribution in [1.29, 1.82) is 0 Å². The molecule has 3 N–H and O–H groups in total. The fraction of sp³-hybridized carbons (Fsp3) is 0.476. The van der Waals surface area contributed by atoms with Gasteiger partial charge in [-0.05, 0) is 39.2 Å². The highest BCUT2D eigenvalue weighted by atomic mass is 19.1. The van der Waals surface area contributed by atoms with Crippen molar-refractivity contribution in [2.75, 3.05) is 30.3 Å². The van der Waals surface area contributed by atoms with E-state index in [9.17, 15) is 14.7 Å². The highest BCUT2D eigenvalue weighted by Gasteiger charge is 2.31. The van der Waals surface area contributed by atoms with Crippen LogP contribution >= 0.6 is 0 Å². The van der Waals surface area contributed by atoms with E-state index in [1.54, 1.807) is 10.6 Å². The topological polar surface area (TPSA) is 101 Å². The average molecular weight is 400 g/mol. The number of rotatable bonds is 5. The zero-order chi connectivity index (χ0) is 20.9. The summed E-state index contributed by atoms with van der Waals surface area (Å²) in [5.41, 5.74) is 6.58. The highest BCUT2D eigenvalue weighted by Crippen LogP contribution is 2.40. The van der Waals surface area contributed by atoms with Gasteiger partial charge in [0.15, 0.2) is 5.82 Å². The molecule has 1 aliphatic heterocycles. The third kappa shape index (κ3) is 3.26. The van der Waals surface area contributed by atoms with Crippen molar-refractivity contribution in [3.63, 3.8) is 0 Å². The van der Waals surface area contributed by atoms with Gasteiger partial charge >= 0.3 is 5.97 Å². The van der Waals surface area contributed by atoms with Crippen molar-refractivity contribution in [1.82, 2.24) is 4.57 Å². The first-order chi connectivity index (χ1) is 13.8. The monoisotopic (exact) mass is 400 g/mol. The summed E-state index contributed by atoms with van der Waals surface area (Å²) < 4.78 is 17.0. The molecular weight excluding hydrogens is 375 g/mol. The number of halogens is 1. The lowest BCUT2D eigenvalue weighted by molar-refractivity contribution is 0.0695. The number of aromatic nitrogens is 1. The largest absolute Gasteiger partial charge is 0.477 e. The van der Waals surface area contributed by atoms with E-state index in [1.807, 2.05) is 18.7 Å². The predicted molar refractivity (Wildman–Crippen MR) is 112 cm³/mol. The molecular formula is C21H25FN4O3. The van der Waals surface area contributed by atoms with Crippen molar-refractivity contribution in [3.05, 3.63) is 33.9 Å². The number of fused-ring (bicyclic) bond motifs is 1. The Labute approximate surface area is 167 Å². The van der Waals surface area contributed by atoms with Crippen LogP contribution in [0.3, 0.4) is 0 Å². The number of nitrogen functional groups attached to an aromatic ring is 1. The Balaban J connectivity index is 1.86. The van der Waals surface area contributed by atoms with E-state index in [1.165, 1.54) is 6.20 Å². The summed E-state index contributed by atoms with van der Waals surface area (Å²) in [7, 11) is 0. The maximum atomic E-state index is 15.2. The maximum Gasteiger partial charge on any atom is 0.341 e. The van der Waals surface area contributed by atoms with E-state index in [0.29, 0.717) is 24.3 Å². The summed E-state index contributed by atoms with van der Waals surface area (Å²) >= 11 is 0. The molecule has 0 bridgehead atoms. The number of pyridine rings is 1. The Kier molecular flexibility index (Phi) is 4.80. The second kappa shape index (κ2) is 7.17. The van der Waals surface area contributed by atoms with Gasteiger partial charge in [0.1, 0.15) is 5.56 Å². The van der Waals surface area contributed by atoms with Crippen LogP contribution in [0.2, 0.25) is 0 Å². The molecule has 2 fully saturated rings. The smallest absolute Gasteiger partial charge is 0.341 e. The molecule has 1 saturated carbocycles. The fourth-order valence-corrected chi connectivity index (χ4v) is 4.23. The van der Waals surface area contributed by atoms with Gasteiger partial charge in [-0.25, -0.2) is 9.18 Å². The van der Waals surface area contributed by atoms with Gasteiger partial charge in [-0.15, -0.1) is 0 Å². The van der Waals surface area contributed by atoms with E-state index in [-0.39, 0.29) is 28.6 Å². The Morgan fingerprint density at radius 2 is 2.10 bits per heavy atom. The lowest BCUT2D eigenvalue weighted by atomic mass is 10.0. The Bertz CT molecular complexity index is 1090. The first kappa shape index (κ1) is 19.4. The Morgan fingerprint density at radius 3 is 2.72 bits per heavy atom. The number of benzene rings is 1. The number of hydrogen-bond donors (Lipinski definition) is 2. The summed E-state index contributed by atoms with van der Waals surface area (Å²) in [6.45, 7) is 6.02. The molecule has 1 aliphatic carbocycles. The van der Waals surface area contributed by atoms with Crippen molar-refractivity contribution >= 4 is 34.0 Å². The Morgan fingerprint density at radius 1 is 1.38 bits per heavy atom. The second-order valence-electron chi connectivity index (χ2n) is 7.88. The van der Waals surface area contributed by atoms with Crippen molar-refractivity contribution < 1.29 is 14.3 Å². The van der Waals surface area contributed by atoms with E-state index < -0.39 is 17.2 Å². The molecule has 2 aromatic rings. The molecule has 29 heavy (non-hydrogen) atoms. The first-order valence-corrected chi connectivity index (χ1v) is 9.99. The normalized spacial score (nSPS) is 19.9. The van der Waals surface area contributed by atoms with Gasteiger partial charge in [-0.1, -0.05) is 0 Å². The zero-order valence-corrected chi connectivity index (χ0v) is 16.6. The molecule has 1 atom stereocenters. The van der Waals surface area contributed by atoms with Crippen molar-refractivity contribution in [3.8, 4) is 0 Å². The summed E-state index contributed by atoms with van der Waals surface area (Å²) in [6.07, 6.45) is 4.03. The number of carbonyl (C=O) groups is 1. The van der Waals surface area contributed by atoms with Crippen LogP contribution in [-0.4, -0.2) is 41.0 Å². The molecule has 4 rings (SSSR count). The third-order valence-electron chi connectivity index (χ3n) is 5.98. The number of nitrogens with two attached hydrogens (primary N) is 1. The molecule has 1 aromatic carbocycles. The van der Waals surface area contributed by atoms with E-state index in [2.05, 4.69) is 4.99 Å². The minimum atomic E-state index is -1.33. The van der Waals surface area contributed by atoms with Crippen LogP contribution in [0.5, 0.6) is 0 Å². The molecule has 0 amide bonds. The van der Waals surface area contributed by atoms with Gasteiger partial charge in [-0.2, -0.15) is 0 Å². The van der Waals surface area contributed by atoms with Gasteiger partial charge in [0, 0.05) is 43.5 Å². The number of hydrogen-bond acceptors (Lipinski definition) is 5. The number of carboxylic acid groups (broad SMARTS) is 1. The van der Waals surface area contributed by atoms with Crippen LogP contribution in [-0.2, 0) is 0 Å². The van der Waals surface area contributed by atoms with Crippen LogP contribution in [0.25, 0.3) is 10.9 Å². The predicted octanol–water partition coefficient (Wildman–Crippen LogP) is 3.06. The second-order valence-corrected chi connectivity index (χ2v) is 7.88. The number of aromatic carboxylic acids is 1. The summed E-state index contributed by atoms with van der Waals surface area (Å²) in [5.74, 6) is -1.74. The zero-order valence-electron chi connectivity index (χ0n) is 16.6. The van der Waals surface area contributed by atoms with E-state index >= 15 is 4.39 Å². The average Bonchev–Trinajstić information content (AvgIpc) is 3.40. The first-order valence-electron chi connectivity index (χ1n) is 9.99. The maximum absolute atomic E-state index is 15.2. The van der Waals surface area contributed by atoms with Gasteiger partial charge in [0.25, 0.3) is 0 Å². The summed E-state index contributed by atoms with van der Waals surface area (Å²) in [5, 5.41) is 9.35. The minimum absolute atomic E-state index is 0.0440. The van der Waals surface area contributed by atoms with Crippen LogP contribution in [0.1, 0.15) is 49.5 Å². The van der Waals surface area contributed by atoms with Crippen LogP contribution in [0.4, 0.5) is 15.8 Å². The van der Waals surface area contributed by atoms with Crippen LogP contribution in [0, 0.1) is 11.7 Å². The van der Waals surface area contributed by atoms with Crippen LogP contribution < -0.4 is 16.1 Å².